The molecule has 0 saturated carbocycles. The second-order valence-electron chi connectivity index (χ2n) is 14.8. The third kappa shape index (κ3) is 8.43. The van der Waals surface area contributed by atoms with E-state index >= 15 is 0 Å². The number of likely N-dealkylation sites (tertiary alicyclic amines) is 1. The smallest absolute Gasteiger partial charge is 0.409 e. The summed E-state index contributed by atoms with van der Waals surface area (Å²) in [5.74, 6) is 0. The average Bonchev–Trinajstić information content (AvgIpc) is 3.46. The third-order valence-electron chi connectivity index (χ3n) is 11.3. The Morgan fingerprint density at radius 2 is 1.35 bits per heavy atom. The number of aryl methyl sites for hydroxylation is 5. The van der Waals surface area contributed by atoms with Crippen LogP contribution < -0.4 is 0 Å². The number of piperazine rings is 1. The normalized spacial score (nSPS) is 18.0. The van der Waals surface area contributed by atoms with E-state index in [9.17, 15) is 9.59 Å². The van der Waals surface area contributed by atoms with Gasteiger partial charge in [-0.2, -0.15) is 0 Å². The Labute approximate surface area is 330 Å². The van der Waals surface area contributed by atoms with Gasteiger partial charge in [-0.15, -0.1) is 0 Å². The van der Waals surface area contributed by atoms with Crippen molar-refractivity contribution in [3.63, 3.8) is 0 Å². The average molecular weight is 762 g/mol. The maximum absolute atomic E-state index is 12.1. The fraction of sp³-hybridized carbons (Fsp3) is 0.422. The van der Waals surface area contributed by atoms with Gasteiger partial charge in [-0.05, 0) is 112 Å². The van der Waals surface area contributed by atoms with Crippen molar-refractivity contribution in [2.75, 3.05) is 52.5 Å². The number of hydrogen-bond donors (Lipinski definition) is 0. The van der Waals surface area contributed by atoms with Gasteiger partial charge in [0.25, 0.3) is 0 Å². The van der Waals surface area contributed by atoms with Crippen LogP contribution in [0.5, 0.6) is 0 Å². The first-order chi connectivity index (χ1) is 26.7. The first kappa shape index (κ1) is 38.5. The zero-order valence-corrected chi connectivity index (χ0v) is 33.3. The maximum Gasteiger partial charge on any atom is 0.409 e. The van der Waals surface area contributed by atoms with Crippen LogP contribution in [0, 0.1) is 13.8 Å². The monoisotopic (exact) mass is 761 g/mol. The molecule has 55 heavy (non-hydrogen) atoms. The van der Waals surface area contributed by atoms with E-state index in [2.05, 4.69) is 61.2 Å². The predicted octanol–water partition coefficient (Wildman–Crippen LogP) is 8.55. The van der Waals surface area contributed by atoms with Crippen LogP contribution >= 0.6 is 11.6 Å². The summed E-state index contributed by atoms with van der Waals surface area (Å²) in [6.07, 6.45) is 8.87. The number of hydrogen-bond acceptors (Lipinski definition) is 7. The van der Waals surface area contributed by atoms with E-state index in [0.29, 0.717) is 39.4 Å². The number of aromatic nitrogens is 2. The lowest BCUT2D eigenvalue weighted by Gasteiger charge is -2.39. The number of amides is 2. The van der Waals surface area contributed by atoms with Crippen LogP contribution in [0.3, 0.4) is 0 Å². The van der Waals surface area contributed by atoms with Crippen molar-refractivity contribution in [3.05, 3.63) is 133 Å². The molecule has 288 valence electrons. The molecule has 1 unspecified atom stereocenters. The molecule has 2 aromatic heterocycles. The number of piperidine rings is 1. The second kappa shape index (κ2) is 17.4. The van der Waals surface area contributed by atoms with Gasteiger partial charge in [-0.1, -0.05) is 70.8 Å². The molecule has 2 amide bonds. The summed E-state index contributed by atoms with van der Waals surface area (Å²) in [5.41, 5.74) is 15.2. The van der Waals surface area contributed by atoms with E-state index < -0.39 is 0 Å². The molecule has 9 nitrogen and oxygen atoms in total. The minimum atomic E-state index is -0.218. The topological polar surface area (TPSA) is 88.1 Å². The van der Waals surface area contributed by atoms with Crippen LogP contribution in [0.25, 0.3) is 5.57 Å². The van der Waals surface area contributed by atoms with Crippen LogP contribution in [0.2, 0.25) is 5.02 Å². The van der Waals surface area contributed by atoms with Gasteiger partial charge in [0.15, 0.2) is 0 Å². The van der Waals surface area contributed by atoms with E-state index in [-0.39, 0.29) is 18.2 Å². The highest BCUT2D eigenvalue weighted by molar-refractivity contribution is 6.31. The molecule has 0 N–H and O–H groups in total. The molecule has 4 aromatic rings. The molecule has 2 aliphatic carbocycles. The van der Waals surface area contributed by atoms with Crippen molar-refractivity contribution in [2.45, 2.75) is 72.3 Å². The number of ether oxygens (including phenoxy) is 2. The Kier molecular flexibility index (Phi) is 12.2. The largest absolute Gasteiger partial charge is 0.450 e. The number of carbonyl (C=O) groups excluding carboxylic acids is 2. The third-order valence-corrected chi connectivity index (χ3v) is 11.7. The summed E-state index contributed by atoms with van der Waals surface area (Å²) in [6.45, 7) is 13.2. The lowest BCUT2D eigenvalue weighted by molar-refractivity contribution is 0.0709. The summed E-state index contributed by atoms with van der Waals surface area (Å²) in [7, 11) is 0. The molecule has 8 rings (SSSR count). The van der Waals surface area contributed by atoms with Crippen LogP contribution in [-0.4, -0.2) is 89.3 Å². The Balaban J connectivity index is 0.000000169. The van der Waals surface area contributed by atoms with Gasteiger partial charge in [-0.3, -0.25) is 14.9 Å². The van der Waals surface area contributed by atoms with Gasteiger partial charge in [0, 0.05) is 62.3 Å². The molecular weight excluding hydrogens is 710 g/mol. The zero-order chi connectivity index (χ0) is 38.5. The quantitative estimate of drug-likeness (QED) is 0.207. The molecule has 2 aromatic carbocycles. The predicted molar refractivity (Wildman–Crippen MR) is 217 cm³/mol. The number of nitrogens with zero attached hydrogens (tertiary/aromatic N) is 5. The van der Waals surface area contributed by atoms with Gasteiger partial charge in [0.2, 0.25) is 0 Å². The van der Waals surface area contributed by atoms with E-state index in [1.165, 1.54) is 55.8 Å². The van der Waals surface area contributed by atoms with E-state index in [1.54, 1.807) is 11.1 Å². The van der Waals surface area contributed by atoms with Crippen molar-refractivity contribution in [3.8, 4) is 0 Å². The van der Waals surface area contributed by atoms with Gasteiger partial charge in [0.1, 0.15) is 0 Å². The van der Waals surface area contributed by atoms with Gasteiger partial charge >= 0.3 is 12.2 Å². The number of fused-ring (bicyclic) bond motifs is 4. The van der Waals surface area contributed by atoms with Crippen molar-refractivity contribution < 1.29 is 19.1 Å². The van der Waals surface area contributed by atoms with Crippen molar-refractivity contribution >= 4 is 29.4 Å². The Morgan fingerprint density at radius 3 is 2.05 bits per heavy atom. The molecule has 0 spiro atoms. The lowest BCUT2D eigenvalue weighted by Crippen LogP contribution is -2.50. The Hall–Kier alpha value is -4.73. The van der Waals surface area contributed by atoms with Crippen molar-refractivity contribution in [2.24, 2.45) is 0 Å². The molecule has 4 aliphatic rings. The second-order valence-corrected chi connectivity index (χ2v) is 15.2. The standard InChI is InChI=1S/C23H25ClN2O2.C22H27N3O2/c1-3-28-23(27)26-12-9-16(10-13-26)21-18-6-4-15(2)14-17(18)5-7-19-20(24)8-11-25-22(19)21;1-3-27-22(26)25-13-11-24(12-14-25)21-19-9-6-16(2)15-18(19)8-7-17-5-4-10-23-20(17)21/h4,6,8,11,14H,3,5,7,9-10,12-13H2,1-2H3;4-6,9-10,15,21H,3,7-8,11-14H2,1-2H3. The highest BCUT2D eigenvalue weighted by Crippen LogP contribution is 2.40. The summed E-state index contributed by atoms with van der Waals surface area (Å²) >= 11 is 6.56. The first-order valence-electron chi connectivity index (χ1n) is 19.8. The van der Waals surface area contributed by atoms with Crippen molar-refractivity contribution in [1.29, 1.82) is 0 Å². The Bertz CT molecular complexity index is 2060. The minimum absolute atomic E-state index is 0.156. The van der Waals surface area contributed by atoms with E-state index in [4.69, 9.17) is 31.0 Å². The molecule has 2 saturated heterocycles. The summed E-state index contributed by atoms with van der Waals surface area (Å²) in [6, 6.07) is 19.8. The highest BCUT2D eigenvalue weighted by Gasteiger charge is 2.33. The molecule has 2 aliphatic heterocycles. The van der Waals surface area contributed by atoms with Gasteiger partial charge in [-0.25, -0.2) is 9.59 Å². The Morgan fingerprint density at radius 1 is 0.709 bits per heavy atom. The summed E-state index contributed by atoms with van der Waals surface area (Å²) in [5, 5.41) is 0.789. The van der Waals surface area contributed by atoms with E-state index in [0.717, 1.165) is 67.9 Å². The van der Waals surface area contributed by atoms with Gasteiger partial charge < -0.3 is 19.3 Å². The fourth-order valence-corrected chi connectivity index (χ4v) is 8.79. The SMILES string of the molecule is CCOC(=O)N1CCC(=C2c3ccc(C)cc3CCc3c(Cl)ccnc32)CC1.CCOC(=O)N1CCN(C2c3ccc(C)cc3CCc3cccnc32)CC1. The summed E-state index contributed by atoms with van der Waals surface area (Å²) < 4.78 is 10.3. The molecule has 1 atom stereocenters. The van der Waals surface area contributed by atoms with Crippen LogP contribution in [0.15, 0.2) is 72.6 Å². The molecule has 4 heterocycles. The number of carbonyl (C=O) groups is 2. The minimum Gasteiger partial charge on any atom is -0.450 e. The molecule has 0 radical (unpaired) electrons. The first-order valence-corrected chi connectivity index (χ1v) is 20.2. The maximum atomic E-state index is 12.1. The molecular formula is C45H52ClN5O4. The van der Waals surface area contributed by atoms with Crippen LogP contribution in [0.4, 0.5) is 9.59 Å². The van der Waals surface area contributed by atoms with Crippen LogP contribution in [-0.2, 0) is 35.2 Å². The number of halogens is 1. The summed E-state index contributed by atoms with van der Waals surface area (Å²) in [4.78, 5) is 39.7. The van der Waals surface area contributed by atoms with Gasteiger partial charge in [0.05, 0.1) is 30.6 Å². The number of rotatable bonds is 3. The fourth-order valence-electron chi connectivity index (χ4n) is 8.55. The van der Waals surface area contributed by atoms with E-state index in [1.807, 2.05) is 37.1 Å². The highest BCUT2D eigenvalue weighted by atomic mass is 35.5. The molecule has 10 heteroatoms. The van der Waals surface area contributed by atoms with Crippen molar-refractivity contribution in [1.82, 2.24) is 24.7 Å². The van der Waals surface area contributed by atoms with Crippen LogP contribution in [0.1, 0.15) is 88.6 Å². The lowest BCUT2D eigenvalue weighted by atomic mass is 9.88. The zero-order valence-electron chi connectivity index (χ0n) is 32.6. The molecule has 2 fully saturated rings. The number of benzene rings is 2. The molecule has 0 bridgehead atoms. The number of pyridine rings is 2.